The number of hydrogen-bond donors (Lipinski definition) is 2. The average Bonchev–Trinajstić information content (AvgIpc) is 2.65. The SMILES string of the molecule is CN=C(NCCN1C(=O)CCCC1=O)NCc1ccc(OC(C)(C)C)cc1C(F)(F)F. The summed E-state index contributed by atoms with van der Waals surface area (Å²) >= 11 is 0. The molecular weight excluding hydrogens is 413 g/mol. The lowest BCUT2D eigenvalue weighted by molar-refractivity contribution is -0.147. The number of ether oxygens (including phenoxy) is 1. The molecule has 0 spiro atoms. The Balaban J connectivity index is 1.99. The van der Waals surface area contributed by atoms with Gasteiger partial charge in [0.2, 0.25) is 11.8 Å². The summed E-state index contributed by atoms with van der Waals surface area (Å²) in [5.74, 6) is -0.0243. The Morgan fingerprint density at radius 2 is 1.77 bits per heavy atom. The van der Waals surface area contributed by atoms with E-state index < -0.39 is 17.3 Å². The third-order valence-electron chi connectivity index (χ3n) is 4.49. The molecule has 7 nitrogen and oxygen atoms in total. The largest absolute Gasteiger partial charge is 0.488 e. The molecule has 0 unspecified atom stereocenters. The summed E-state index contributed by atoms with van der Waals surface area (Å²) < 4.78 is 46.2. The second-order valence-corrected chi connectivity index (χ2v) is 8.18. The van der Waals surface area contributed by atoms with Gasteiger partial charge < -0.3 is 15.4 Å². The molecule has 1 fully saturated rings. The van der Waals surface area contributed by atoms with Gasteiger partial charge in [-0.05, 0) is 44.9 Å². The van der Waals surface area contributed by atoms with Crippen LogP contribution in [0.4, 0.5) is 13.2 Å². The fraction of sp³-hybridized carbons (Fsp3) is 0.571. The number of amides is 2. The number of piperidine rings is 1. The number of rotatable bonds is 6. The van der Waals surface area contributed by atoms with Gasteiger partial charge in [-0.2, -0.15) is 13.2 Å². The zero-order valence-electron chi connectivity index (χ0n) is 18.2. The van der Waals surface area contributed by atoms with Gasteiger partial charge >= 0.3 is 6.18 Å². The van der Waals surface area contributed by atoms with Gasteiger partial charge in [0.15, 0.2) is 5.96 Å². The fourth-order valence-electron chi connectivity index (χ4n) is 3.13. The number of alkyl halides is 3. The Morgan fingerprint density at radius 3 is 2.32 bits per heavy atom. The smallest absolute Gasteiger partial charge is 0.416 e. The lowest BCUT2D eigenvalue weighted by Gasteiger charge is -2.25. The number of aliphatic imine (C=N–C) groups is 1. The molecule has 0 aromatic heterocycles. The highest BCUT2D eigenvalue weighted by Crippen LogP contribution is 2.35. The van der Waals surface area contributed by atoms with Crippen molar-refractivity contribution in [2.45, 2.75) is 58.4 Å². The number of hydrogen-bond acceptors (Lipinski definition) is 4. The number of benzene rings is 1. The van der Waals surface area contributed by atoms with E-state index in [1.807, 2.05) is 0 Å². The number of likely N-dealkylation sites (tertiary alicyclic amines) is 1. The zero-order chi connectivity index (χ0) is 23.2. The first-order chi connectivity index (χ1) is 14.4. The van der Waals surface area contributed by atoms with Crippen molar-refractivity contribution in [3.63, 3.8) is 0 Å². The molecule has 2 amide bonds. The molecule has 1 aromatic rings. The topological polar surface area (TPSA) is 83.0 Å². The van der Waals surface area contributed by atoms with E-state index in [2.05, 4.69) is 15.6 Å². The summed E-state index contributed by atoms with van der Waals surface area (Å²) in [6.07, 6.45) is -3.30. The second kappa shape index (κ2) is 10.0. The summed E-state index contributed by atoms with van der Waals surface area (Å²) in [6, 6.07) is 3.86. The molecule has 1 aliphatic heterocycles. The molecule has 31 heavy (non-hydrogen) atoms. The van der Waals surface area contributed by atoms with Gasteiger partial charge in [-0.25, -0.2) is 0 Å². The number of nitrogens with zero attached hydrogens (tertiary/aromatic N) is 2. The van der Waals surface area contributed by atoms with Crippen molar-refractivity contribution in [2.24, 2.45) is 4.99 Å². The highest BCUT2D eigenvalue weighted by molar-refractivity contribution is 5.97. The Kier molecular flexibility index (Phi) is 7.91. The maximum atomic E-state index is 13.6. The lowest BCUT2D eigenvalue weighted by atomic mass is 10.1. The van der Waals surface area contributed by atoms with E-state index in [1.165, 1.54) is 24.1 Å². The number of nitrogens with one attached hydrogen (secondary N) is 2. The van der Waals surface area contributed by atoms with E-state index in [1.54, 1.807) is 20.8 Å². The molecular formula is C21H29F3N4O3. The predicted molar refractivity (Wildman–Crippen MR) is 111 cm³/mol. The predicted octanol–water partition coefficient (Wildman–Crippen LogP) is 3.09. The van der Waals surface area contributed by atoms with Crippen LogP contribution in [0, 0.1) is 0 Å². The molecule has 0 aliphatic carbocycles. The summed E-state index contributed by atoms with van der Waals surface area (Å²) in [4.78, 5) is 28.8. The van der Waals surface area contributed by atoms with Crippen LogP contribution in [-0.2, 0) is 22.3 Å². The van der Waals surface area contributed by atoms with Gasteiger partial charge in [-0.15, -0.1) is 0 Å². The van der Waals surface area contributed by atoms with Crippen molar-refractivity contribution in [1.82, 2.24) is 15.5 Å². The first-order valence-electron chi connectivity index (χ1n) is 10.1. The standard InChI is InChI=1S/C21H29F3N4O3/c1-20(2,3)31-15-9-8-14(16(12-15)21(22,23)24)13-27-19(25-4)26-10-11-28-17(29)6-5-7-18(28)30/h8-9,12H,5-7,10-11,13H2,1-4H3,(H2,25,26,27). The van der Waals surface area contributed by atoms with Crippen LogP contribution in [0.3, 0.4) is 0 Å². The number of imide groups is 1. The van der Waals surface area contributed by atoms with Crippen molar-refractivity contribution in [3.05, 3.63) is 29.3 Å². The van der Waals surface area contributed by atoms with Gasteiger partial charge in [-0.3, -0.25) is 19.5 Å². The van der Waals surface area contributed by atoms with Crippen LogP contribution in [0.2, 0.25) is 0 Å². The number of carbonyl (C=O) groups excluding carboxylic acids is 2. The Labute approximate surface area is 180 Å². The van der Waals surface area contributed by atoms with Crippen molar-refractivity contribution >= 4 is 17.8 Å². The molecule has 10 heteroatoms. The quantitative estimate of drug-likeness (QED) is 0.402. The monoisotopic (exact) mass is 442 g/mol. The van der Waals surface area contributed by atoms with Gasteiger partial charge in [0.05, 0.1) is 5.56 Å². The van der Waals surface area contributed by atoms with Crippen LogP contribution in [-0.4, -0.2) is 48.4 Å². The Morgan fingerprint density at radius 1 is 1.13 bits per heavy atom. The summed E-state index contributed by atoms with van der Waals surface area (Å²) in [5, 5.41) is 5.75. The molecule has 1 aromatic carbocycles. The van der Waals surface area contributed by atoms with Crippen LogP contribution in [0.1, 0.15) is 51.2 Å². The maximum absolute atomic E-state index is 13.6. The third kappa shape index (κ3) is 7.45. The van der Waals surface area contributed by atoms with Crippen LogP contribution in [0.5, 0.6) is 5.75 Å². The normalized spacial score (nSPS) is 15.8. The Bertz CT molecular complexity index is 816. The molecule has 1 heterocycles. The first-order valence-corrected chi connectivity index (χ1v) is 10.1. The van der Waals surface area contributed by atoms with E-state index in [9.17, 15) is 22.8 Å². The van der Waals surface area contributed by atoms with E-state index in [0.29, 0.717) is 19.3 Å². The number of halogens is 3. The lowest BCUT2D eigenvalue weighted by Crippen LogP contribution is -2.46. The second-order valence-electron chi connectivity index (χ2n) is 8.18. The molecule has 0 saturated carbocycles. The third-order valence-corrected chi connectivity index (χ3v) is 4.49. The van der Waals surface area contributed by atoms with Gasteiger partial charge in [-0.1, -0.05) is 6.07 Å². The summed E-state index contributed by atoms with van der Waals surface area (Å²) in [7, 11) is 1.48. The minimum absolute atomic E-state index is 0.0399. The van der Waals surface area contributed by atoms with Crippen molar-refractivity contribution in [3.8, 4) is 5.75 Å². The first kappa shape index (κ1) is 24.5. The average molecular weight is 442 g/mol. The molecule has 2 rings (SSSR count). The molecule has 1 aliphatic rings. The molecule has 2 N–H and O–H groups in total. The van der Waals surface area contributed by atoms with Crippen molar-refractivity contribution in [2.75, 3.05) is 20.1 Å². The summed E-state index contributed by atoms with van der Waals surface area (Å²) in [6.45, 7) is 5.57. The van der Waals surface area contributed by atoms with Crippen LogP contribution >= 0.6 is 0 Å². The molecule has 0 bridgehead atoms. The fourth-order valence-corrected chi connectivity index (χ4v) is 3.13. The van der Waals surface area contributed by atoms with Gasteiger partial charge in [0, 0.05) is 39.5 Å². The van der Waals surface area contributed by atoms with E-state index >= 15 is 0 Å². The van der Waals surface area contributed by atoms with E-state index in [4.69, 9.17) is 4.74 Å². The molecule has 0 atom stereocenters. The number of carbonyl (C=O) groups is 2. The minimum atomic E-state index is -4.54. The molecule has 0 radical (unpaired) electrons. The summed E-state index contributed by atoms with van der Waals surface area (Å²) in [5.41, 5.74) is -1.37. The maximum Gasteiger partial charge on any atom is 0.416 e. The van der Waals surface area contributed by atoms with Gasteiger partial charge in [0.1, 0.15) is 11.4 Å². The minimum Gasteiger partial charge on any atom is -0.488 e. The van der Waals surface area contributed by atoms with Crippen LogP contribution < -0.4 is 15.4 Å². The van der Waals surface area contributed by atoms with Crippen molar-refractivity contribution in [1.29, 1.82) is 0 Å². The highest BCUT2D eigenvalue weighted by atomic mass is 19.4. The van der Waals surface area contributed by atoms with E-state index in [0.717, 1.165) is 6.07 Å². The van der Waals surface area contributed by atoms with Gasteiger partial charge in [0.25, 0.3) is 0 Å². The molecule has 172 valence electrons. The van der Waals surface area contributed by atoms with Crippen molar-refractivity contribution < 1.29 is 27.5 Å². The zero-order valence-corrected chi connectivity index (χ0v) is 18.2. The number of guanidine groups is 1. The van der Waals surface area contributed by atoms with Crippen LogP contribution in [0.15, 0.2) is 23.2 Å². The highest BCUT2D eigenvalue weighted by Gasteiger charge is 2.34. The molecule has 1 saturated heterocycles. The van der Waals surface area contributed by atoms with E-state index in [-0.39, 0.29) is 48.7 Å². The Hall–Kier alpha value is -2.78. The van der Waals surface area contributed by atoms with Crippen LogP contribution in [0.25, 0.3) is 0 Å².